The molecule has 0 spiro atoms. The van der Waals surface area contributed by atoms with E-state index in [1.54, 1.807) is 0 Å². The number of hydrogen-bond donors (Lipinski definition) is 4. The van der Waals surface area contributed by atoms with E-state index in [0.717, 1.165) is 0 Å². The summed E-state index contributed by atoms with van der Waals surface area (Å²) in [5.41, 5.74) is -12.3. The number of ketones is 5. The SMILES string of the molecule is [2H]CC(=O)C(=O)[C@@](O)(C(=O)C[2H])[C@@](O)(C(=O)C[2H])[C@](O)(CO)C(=O)C[2H]. The Hall–Kier alpha value is -1.81. The van der Waals surface area contributed by atoms with Crippen molar-refractivity contribution in [2.24, 2.45) is 0 Å². The molecule has 0 rings (SSSR count). The lowest BCUT2D eigenvalue weighted by molar-refractivity contribution is -0.231. The van der Waals surface area contributed by atoms with Crippen LogP contribution in [-0.2, 0) is 24.0 Å². The second kappa shape index (κ2) is 6.13. The lowest BCUT2D eigenvalue weighted by atomic mass is 9.63. The first kappa shape index (κ1) is 13.8. The van der Waals surface area contributed by atoms with E-state index in [-0.39, 0.29) is 0 Å². The van der Waals surface area contributed by atoms with Crippen molar-refractivity contribution in [3.05, 3.63) is 0 Å². The van der Waals surface area contributed by atoms with Crippen molar-refractivity contribution in [3.8, 4) is 0 Å². The number of aliphatic hydroxyl groups excluding tert-OH is 1. The van der Waals surface area contributed by atoms with E-state index in [2.05, 4.69) is 0 Å². The van der Waals surface area contributed by atoms with E-state index < -0.39 is 79.9 Å². The zero-order chi connectivity index (χ0) is 20.9. The average Bonchev–Trinajstić information content (AvgIpc) is 2.67. The number of rotatable bonds is 8. The second-order valence-corrected chi connectivity index (χ2v) is 4.46. The van der Waals surface area contributed by atoms with Gasteiger partial charge < -0.3 is 20.4 Å². The predicted molar refractivity (Wildman–Crippen MR) is 69.7 cm³/mol. The van der Waals surface area contributed by atoms with Crippen molar-refractivity contribution < 1.29 is 49.9 Å². The van der Waals surface area contributed by atoms with Crippen molar-refractivity contribution in [2.75, 3.05) is 6.61 Å². The summed E-state index contributed by atoms with van der Waals surface area (Å²) in [5.74, 6) is -9.92. The van der Waals surface area contributed by atoms with Gasteiger partial charge >= 0.3 is 0 Å². The minimum Gasteiger partial charge on any atom is -0.393 e. The monoisotopic (exact) mass is 322 g/mol. The smallest absolute Gasteiger partial charge is 0.240 e. The molecule has 124 valence electrons. The first-order chi connectivity index (χ1) is 11.9. The van der Waals surface area contributed by atoms with Crippen molar-refractivity contribution in [2.45, 2.75) is 44.4 Å². The highest BCUT2D eigenvalue weighted by molar-refractivity contribution is 6.45. The minimum atomic E-state index is -4.24. The fraction of sp³-hybridized carbons (Fsp3) is 0.615. The van der Waals surface area contributed by atoms with Crippen LogP contribution in [0.3, 0.4) is 0 Å². The van der Waals surface area contributed by atoms with Gasteiger partial charge in [-0.3, -0.25) is 24.0 Å². The van der Waals surface area contributed by atoms with Crippen molar-refractivity contribution in [1.29, 1.82) is 0 Å². The summed E-state index contributed by atoms with van der Waals surface area (Å²) in [7, 11) is 0. The topological polar surface area (TPSA) is 166 Å². The molecule has 0 aromatic rings. The molecule has 9 nitrogen and oxygen atoms in total. The predicted octanol–water partition coefficient (Wildman–Crippen LogP) is -2.90. The van der Waals surface area contributed by atoms with Crippen LogP contribution in [0.2, 0.25) is 0 Å². The third-order valence-corrected chi connectivity index (χ3v) is 3.20. The molecule has 0 amide bonds. The Kier molecular flexibility index (Phi) is 3.85. The molecule has 0 radical (unpaired) electrons. The van der Waals surface area contributed by atoms with Gasteiger partial charge in [0.1, 0.15) is 0 Å². The maximum Gasteiger partial charge on any atom is 0.240 e. The summed E-state index contributed by atoms with van der Waals surface area (Å²) >= 11 is 0. The van der Waals surface area contributed by atoms with E-state index >= 15 is 0 Å². The molecule has 0 aliphatic heterocycles. The average molecular weight is 322 g/mol. The molecular formula is C13H18O9. The van der Waals surface area contributed by atoms with Crippen LogP contribution in [0.5, 0.6) is 0 Å². The molecule has 4 N–H and O–H groups in total. The number of hydrogen-bond acceptors (Lipinski definition) is 9. The molecule has 0 saturated heterocycles. The number of carbonyl (C=O) groups excluding carboxylic acids is 5. The Morgan fingerprint density at radius 1 is 0.864 bits per heavy atom. The van der Waals surface area contributed by atoms with Crippen molar-refractivity contribution in [1.82, 2.24) is 0 Å². The Bertz CT molecular complexity index is 625. The van der Waals surface area contributed by atoms with Crippen molar-refractivity contribution >= 4 is 28.9 Å². The Balaban J connectivity index is 7.14. The summed E-state index contributed by atoms with van der Waals surface area (Å²) < 4.78 is 27.8. The highest BCUT2D eigenvalue weighted by Crippen LogP contribution is 2.37. The minimum absolute atomic E-state index is 1.36. The molecule has 9 heteroatoms. The van der Waals surface area contributed by atoms with Crippen LogP contribution >= 0.6 is 0 Å². The number of Topliss-reactive ketones (excluding diaryl/α,β-unsaturated/α-hetero) is 5. The molecule has 0 bridgehead atoms. The van der Waals surface area contributed by atoms with E-state index in [4.69, 9.17) is 5.48 Å². The van der Waals surface area contributed by atoms with Crippen LogP contribution in [0.15, 0.2) is 0 Å². The lowest BCUT2D eigenvalue weighted by Gasteiger charge is -2.46. The van der Waals surface area contributed by atoms with Crippen LogP contribution in [0.25, 0.3) is 0 Å². The normalized spacial score (nSPS) is 21.6. The van der Waals surface area contributed by atoms with Gasteiger partial charge in [0.2, 0.25) is 17.0 Å². The van der Waals surface area contributed by atoms with Gasteiger partial charge in [-0.25, -0.2) is 0 Å². The first-order valence-corrected chi connectivity index (χ1v) is 5.53. The molecule has 0 aromatic carbocycles. The quantitative estimate of drug-likeness (QED) is 0.271. The molecule has 0 aliphatic carbocycles. The molecule has 3 atom stereocenters. The fourth-order valence-corrected chi connectivity index (χ4v) is 1.83. The Morgan fingerprint density at radius 2 is 1.36 bits per heavy atom. The maximum atomic E-state index is 12.2. The molecule has 22 heavy (non-hydrogen) atoms. The zero-order valence-electron chi connectivity index (χ0n) is 15.4. The largest absolute Gasteiger partial charge is 0.393 e. The number of carbonyl (C=O) groups is 5. The third kappa shape index (κ3) is 2.41. The van der Waals surface area contributed by atoms with Gasteiger partial charge in [-0.15, -0.1) is 0 Å². The van der Waals surface area contributed by atoms with Gasteiger partial charge in [0.15, 0.2) is 28.7 Å². The third-order valence-electron chi connectivity index (χ3n) is 3.20. The summed E-state index contributed by atoms with van der Waals surface area (Å²) in [5, 5.41) is 40.9. The Labute approximate surface area is 131 Å². The molecule has 0 unspecified atom stereocenters. The van der Waals surface area contributed by atoms with Crippen LogP contribution in [-0.4, -0.2) is 72.8 Å². The van der Waals surface area contributed by atoms with Gasteiger partial charge in [0.05, 0.1) is 6.61 Å². The van der Waals surface area contributed by atoms with Crippen LogP contribution in [0.4, 0.5) is 0 Å². The van der Waals surface area contributed by atoms with E-state index in [9.17, 15) is 44.4 Å². The van der Waals surface area contributed by atoms with Crippen LogP contribution in [0.1, 0.15) is 33.1 Å². The molecule has 0 aliphatic rings. The molecule has 0 aromatic heterocycles. The molecular weight excluding hydrogens is 300 g/mol. The maximum absolute atomic E-state index is 12.2. The van der Waals surface area contributed by atoms with E-state index in [1.807, 2.05) is 0 Å². The first-order valence-electron chi connectivity index (χ1n) is 8.35. The summed E-state index contributed by atoms with van der Waals surface area (Å²) in [6.07, 6.45) is 0. The molecule has 0 saturated carbocycles. The summed E-state index contributed by atoms with van der Waals surface area (Å²) in [6.45, 7) is -7.67. The van der Waals surface area contributed by atoms with Crippen molar-refractivity contribution in [3.63, 3.8) is 0 Å². The van der Waals surface area contributed by atoms with Crippen LogP contribution in [0, 0.1) is 0 Å². The molecule has 0 fully saturated rings. The van der Waals surface area contributed by atoms with Gasteiger partial charge in [0.25, 0.3) is 0 Å². The zero-order valence-corrected chi connectivity index (χ0v) is 11.4. The van der Waals surface area contributed by atoms with E-state index in [0.29, 0.717) is 0 Å². The second-order valence-electron chi connectivity index (χ2n) is 4.46. The summed E-state index contributed by atoms with van der Waals surface area (Å²) in [4.78, 5) is 59.8. The highest BCUT2D eigenvalue weighted by Gasteiger charge is 2.72. The standard InChI is InChI=1S/C13H18O9/c1-6(15)10(19)12(21,8(3)17)13(22,9(4)18)11(20,5-14)7(2)16/h14,20-22H,5H2,1-4H3/t11-,12-,13+/m0/s1/i1D,2D,3D,4D. The molecule has 0 heterocycles. The van der Waals surface area contributed by atoms with Gasteiger partial charge in [-0.2, -0.15) is 0 Å². The van der Waals surface area contributed by atoms with Gasteiger partial charge in [-0.1, -0.05) is 0 Å². The van der Waals surface area contributed by atoms with E-state index in [1.165, 1.54) is 0 Å². The Morgan fingerprint density at radius 3 is 1.73 bits per heavy atom. The lowest BCUT2D eigenvalue weighted by Crippen LogP contribution is -2.79. The highest BCUT2D eigenvalue weighted by atomic mass is 16.4. The fourth-order valence-electron chi connectivity index (χ4n) is 1.83. The number of aliphatic hydroxyl groups is 4. The van der Waals surface area contributed by atoms with Gasteiger partial charge in [0, 0.05) is 12.4 Å². The summed E-state index contributed by atoms with van der Waals surface area (Å²) in [6, 6.07) is 0. The van der Waals surface area contributed by atoms with Gasteiger partial charge in [-0.05, 0) is 20.7 Å². The van der Waals surface area contributed by atoms with Crippen LogP contribution < -0.4 is 0 Å².